The monoisotopic (exact) mass is 303 g/mol. The molecule has 6 heteroatoms. The van der Waals surface area contributed by atoms with Crippen LogP contribution < -0.4 is 19.5 Å². The number of hydrogen-bond donors (Lipinski definition) is 1. The fraction of sp³-hybridized carbons (Fsp3) is 0.312. The maximum Gasteiger partial charge on any atom is 0.252 e. The van der Waals surface area contributed by atoms with E-state index < -0.39 is 0 Å². The van der Waals surface area contributed by atoms with E-state index in [0.29, 0.717) is 41.8 Å². The average molecular weight is 303 g/mol. The Bertz CT molecular complexity index is 648. The molecule has 0 aliphatic carbocycles. The van der Waals surface area contributed by atoms with Crippen LogP contribution in [0.3, 0.4) is 0 Å². The van der Waals surface area contributed by atoms with E-state index in [1.165, 1.54) is 7.11 Å². The van der Waals surface area contributed by atoms with Gasteiger partial charge in [-0.05, 0) is 31.2 Å². The van der Waals surface area contributed by atoms with E-state index in [1.54, 1.807) is 24.5 Å². The van der Waals surface area contributed by atoms with Crippen LogP contribution in [0.1, 0.15) is 29.1 Å². The zero-order chi connectivity index (χ0) is 15.5. The fourth-order valence-electron chi connectivity index (χ4n) is 2.29. The van der Waals surface area contributed by atoms with Gasteiger partial charge in [0.1, 0.15) is 19.0 Å². The van der Waals surface area contributed by atoms with Crippen LogP contribution in [-0.4, -0.2) is 26.2 Å². The molecule has 2 aromatic rings. The van der Waals surface area contributed by atoms with Crippen LogP contribution in [0.4, 0.5) is 0 Å². The van der Waals surface area contributed by atoms with Crippen molar-refractivity contribution in [3.63, 3.8) is 0 Å². The van der Waals surface area contributed by atoms with Gasteiger partial charge in [-0.2, -0.15) is 0 Å². The molecule has 1 aliphatic rings. The van der Waals surface area contributed by atoms with E-state index in [2.05, 4.69) is 5.32 Å². The molecule has 0 bridgehead atoms. The van der Waals surface area contributed by atoms with E-state index in [9.17, 15) is 4.79 Å². The molecule has 1 N–H and O–H groups in total. The minimum atomic E-state index is -0.237. The summed E-state index contributed by atoms with van der Waals surface area (Å²) in [4.78, 5) is 12.4. The smallest absolute Gasteiger partial charge is 0.252 e. The molecule has 6 nitrogen and oxygen atoms in total. The first-order valence-electron chi connectivity index (χ1n) is 7.01. The molecule has 1 aromatic carbocycles. The van der Waals surface area contributed by atoms with Gasteiger partial charge in [-0.15, -0.1) is 0 Å². The van der Waals surface area contributed by atoms with Crippen LogP contribution >= 0.6 is 0 Å². The molecule has 0 saturated carbocycles. The largest absolute Gasteiger partial charge is 0.493 e. The number of furan rings is 1. The number of carbonyl (C=O) groups excluding carboxylic acids is 1. The van der Waals surface area contributed by atoms with Crippen molar-refractivity contribution in [1.82, 2.24) is 5.32 Å². The fourth-order valence-corrected chi connectivity index (χ4v) is 2.29. The van der Waals surface area contributed by atoms with Crippen molar-refractivity contribution in [1.29, 1.82) is 0 Å². The topological polar surface area (TPSA) is 69.9 Å². The quantitative estimate of drug-likeness (QED) is 0.940. The SMILES string of the molecule is COc1cc(C(=O)N[C@H](C)c2ccco2)cc2c1OCCO2. The van der Waals surface area contributed by atoms with Gasteiger partial charge in [0.05, 0.1) is 19.4 Å². The highest BCUT2D eigenvalue weighted by Gasteiger charge is 2.22. The first-order chi connectivity index (χ1) is 10.7. The van der Waals surface area contributed by atoms with Crippen LogP contribution in [0, 0.1) is 0 Å². The molecule has 0 fully saturated rings. The molecule has 22 heavy (non-hydrogen) atoms. The predicted molar refractivity (Wildman–Crippen MR) is 78.6 cm³/mol. The maximum atomic E-state index is 12.4. The number of methoxy groups -OCH3 is 1. The summed E-state index contributed by atoms with van der Waals surface area (Å²) < 4.78 is 21.6. The van der Waals surface area contributed by atoms with Gasteiger partial charge in [0.2, 0.25) is 5.75 Å². The summed E-state index contributed by atoms with van der Waals surface area (Å²) in [6.45, 7) is 2.76. The molecule has 0 unspecified atom stereocenters. The first kappa shape index (κ1) is 14.3. The third kappa shape index (κ3) is 2.72. The van der Waals surface area contributed by atoms with Gasteiger partial charge in [0.25, 0.3) is 5.91 Å². The standard InChI is InChI=1S/C16H17NO5/c1-10(12-4-3-5-20-12)17-16(18)11-8-13(19-2)15-14(9-11)21-6-7-22-15/h3-5,8-10H,6-7H2,1-2H3,(H,17,18)/t10-/m1/s1. The molecule has 1 amide bonds. The second-order valence-corrected chi connectivity index (χ2v) is 4.91. The molecule has 0 spiro atoms. The van der Waals surface area contributed by atoms with Crippen LogP contribution in [0.25, 0.3) is 0 Å². The summed E-state index contributed by atoms with van der Waals surface area (Å²) in [7, 11) is 1.53. The van der Waals surface area contributed by atoms with E-state index in [1.807, 2.05) is 13.0 Å². The molecule has 3 rings (SSSR count). The highest BCUT2D eigenvalue weighted by atomic mass is 16.6. The zero-order valence-corrected chi connectivity index (χ0v) is 12.4. The lowest BCUT2D eigenvalue weighted by molar-refractivity contribution is 0.0933. The summed E-state index contributed by atoms with van der Waals surface area (Å²) in [5, 5.41) is 2.87. The van der Waals surface area contributed by atoms with Crippen molar-refractivity contribution >= 4 is 5.91 Å². The van der Waals surface area contributed by atoms with E-state index in [-0.39, 0.29) is 11.9 Å². The van der Waals surface area contributed by atoms with Gasteiger partial charge in [-0.25, -0.2) is 0 Å². The normalized spacial score (nSPS) is 14.3. The highest BCUT2D eigenvalue weighted by Crippen LogP contribution is 2.40. The molecule has 1 aliphatic heterocycles. The van der Waals surface area contributed by atoms with Crippen LogP contribution in [0.5, 0.6) is 17.2 Å². The van der Waals surface area contributed by atoms with Crippen molar-refractivity contribution in [3.05, 3.63) is 41.9 Å². The van der Waals surface area contributed by atoms with Crippen molar-refractivity contribution in [2.75, 3.05) is 20.3 Å². The molecule has 2 heterocycles. The number of fused-ring (bicyclic) bond motifs is 1. The van der Waals surface area contributed by atoms with Crippen molar-refractivity contribution < 1.29 is 23.4 Å². The second kappa shape index (κ2) is 6.01. The molecule has 1 aromatic heterocycles. The van der Waals surface area contributed by atoms with E-state index in [4.69, 9.17) is 18.6 Å². The van der Waals surface area contributed by atoms with Crippen LogP contribution in [0.15, 0.2) is 34.9 Å². The van der Waals surface area contributed by atoms with Gasteiger partial charge in [-0.3, -0.25) is 4.79 Å². The molecular weight excluding hydrogens is 286 g/mol. The minimum Gasteiger partial charge on any atom is -0.493 e. The number of amides is 1. The van der Waals surface area contributed by atoms with E-state index >= 15 is 0 Å². The number of nitrogens with one attached hydrogen (secondary N) is 1. The predicted octanol–water partition coefficient (Wildman–Crippen LogP) is 2.55. The lowest BCUT2D eigenvalue weighted by Gasteiger charge is -2.21. The Morgan fingerprint density at radius 3 is 2.86 bits per heavy atom. The summed E-state index contributed by atoms with van der Waals surface area (Å²) in [5.74, 6) is 1.98. The zero-order valence-electron chi connectivity index (χ0n) is 12.4. The first-order valence-corrected chi connectivity index (χ1v) is 7.01. The lowest BCUT2D eigenvalue weighted by atomic mass is 10.1. The Balaban J connectivity index is 1.83. The van der Waals surface area contributed by atoms with Crippen LogP contribution in [0.2, 0.25) is 0 Å². The Morgan fingerprint density at radius 1 is 1.32 bits per heavy atom. The van der Waals surface area contributed by atoms with Gasteiger partial charge < -0.3 is 23.9 Å². The summed E-state index contributed by atoms with van der Waals surface area (Å²) >= 11 is 0. The summed E-state index contributed by atoms with van der Waals surface area (Å²) in [6, 6.07) is 6.65. The van der Waals surface area contributed by atoms with Gasteiger partial charge in [0.15, 0.2) is 11.5 Å². The Kier molecular flexibility index (Phi) is 3.91. The molecule has 0 radical (unpaired) electrons. The third-order valence-corrected chi connectivity index (χ3v) is 3.41. The second-order valence-electron chi connectivity index (χ2n) is 4.91. The minimum absolute atomic E-state index is 0.235. The van der Waals surface area contributed by atoms with Crippen molar-refractivity contribution in [2.45, 2.75) is 13.0 Å². The molecule has 116 valence electrons. The Hall–Kier alpha value is -2.63. The molecular formula is C16H17NO5. The number of carbonyl (C=O) groups is 1. The highest BCUT2D eigenvalue weighted by molar-refractivity contribution is 5.95. The number of hydrogen-bond acceptors (Lipinski definition) is 5. The Morgan fingerprint density at radius 2 is 2.14 bits per heavy atom. The third-order valence-electron chi connectivity index (χ3n) is 3.41. The number of rotatable bonds is 4. The van der Waals surface area contributed by atoms with Crippen molar-refractivity contribution in [2.24, 2.45) is 0 Å². The number of benzene rings is 1. The van der Waals surface area contributed by atoms with Gasteiger partial charge in [-0.1, -0.05) is 0 Å². The van der Waals surface area contributed by atoms with Gasteiger partial charge in [0, 0.05) is 5.56 Å². The summed E-state index contributed by atoms with van der Waals surface area (Å²) in [6.07, 6.45) is 1.57. The summed E-state index contributed by atoms with van der Waals surface area (Å²) in [5.41, 5.74) is 0.444. The van der Waals surface area contributed by atoms with Gasteiger partial charge >= 0.3 is 0 Å². The number of ether oxygens (including phenoxy) is 3. The van der Waals surface area contributed by atoms with Crippen molar-refractivity contribution in [3.8, 4) is 17.2 Å². The van der Waals surface area contributed by atoms with E-state index in [0.717, 1.165) is 0 Å². The van der Waals surface area contributed by atoms with Crippen LogP contribution in [-0.2, 0) is 0 Å². The average Bonchev–Trinajstić information content (AvgIpc) is 3.08. The maximum absolute atomic E-state index is 12.4. The molecule has 0 saturated heterocycles. The molecule has 1 atom stereocenters. The lowest BCUT2D eigenvalue weighted by Crippen LogP contribution is -2.26. The Labute approximate surface area is 128 Å².